The van der Waals surface area contributed by atoms with Crippen molar-refractivity contribution in [2.45, 2.75) is 51.1 Å². The topological polar surface area (TPSA) is 29.3 Å². The van der Waals surface area contributed by atoms with Gasteiger partial charge in [0.05, 0.1) is 10.4 Å². The molecule has 0 amide bonds. The number of halogens is 1. The van der Waals surface area contributed by atoms with Crippen LogP contribution in [0.3, 0.4) is 0 Å². The Bertz CT molecular complexity index is 381. The van der Waals surface area contributed by atoms with E-state index in [1.54, 1.807) is 11.3 Å². The first kappa shape index (κ1) is 14.3. The van der Waals surface area contributed by atoms with Gasteiger partial charge in [-0.2, -0.15) is 0 Å². The minimum Gasteiger partial charge on any atom is -0.322 e. The molecule has 1 aromatic rings. The molecule has 0 spiro atoms. The SMILES string of the molecule is CCN(CC)C1(C(N)c2ccc(Cl)s2)CCCC1. The highest BCUT2D eigenvalue weighted by molar-refractivity contribution is 7.16. The van der Waals surface area contributed by atoms with E-state index >= 15 is 0 Å². The highest BCUT2D eigenvalue weighted by atomic mass is 35.5. The van der Waals surface area contributed by atoms with Crippen molar-refractivity contribution >= 4 is 22.9 Å². The summed E-state index contributed by atoms with van der Waals surface area (Å²) in [4.78, 5) is 3.78. The maximum Gasteiger partial charge on any atom is 0.0931 e. The maximum atomic E-state index is 6.61. The number of rotatable bonds is 5. The number of nitrogens with two attached hydrogens (primary N) is 1. The third kappa shape index (κ3) is 2.46. The fraction of sp³-hybridized carbons (Fsp3) is 0.714. The van der Waals surface area contributed by atoms with Gasteiger partial charge in [-0.1, -0.05) is 38.3 Å². The van der Waals surface area contributed by atoms with E-state index in [1.807, 2.05) is 6.07 Å². The Kier molecular flexibility index (Phi) is 4.70. The lowest BCUT2D eigenvalue weighted by molar-refractivity contribution is 0.0782. The van der Waals surface area contributed by atoms with Crippen LogP contribution in [0.1, 0.15) is 50.4 Å². The van der Waals surface area contributed by atoms with Crippen molar-refractivity contribution in [2.24, 2.45) is 5.73 Å². The van der Waals surface area contributed by atoms with Crippen molar-refractivity contribution in [1.29, 1.82) is 0 Å². The van der Waals surface area contributed by atoms with Crippen LogP contribution in [0.25, 0.3) is 0 Å². The highest BCUT2D eigenvalue weighted by Gasteiger charge is 2.44. The van der Waals surface area contributed by atoms with Crippen LogP contribution in [-0.4, -0.2) is 23.5 Å². The first-order valence-corrected chi connectivity index (χ1v) is 8.09. The molecule has 0 radical (unpaired) electrons. The van der Waals surface area contributed by atoms with Gasteiger partial charge in [0.15, 0.2) is 0 Å². The Morgan fingerprint density at radius 3 is 2.39 bits per heavy atom. The summed E-state index contributed by atoms with van der Waals surface area (Å²) < 4.78 is 0.841. The number of hydrogen-bond donors (Lipinski definition) is 1. The molecule has 2 nitrogen and oxygen atoms in total. The zero-order chi connectivity index (χ0) is 13.2. The Hall–Kier alpha value is -0.0900. The van der Waals surface area contributed by atoms with Crippen molar-refractivity contribution in [3.05, 3.63) is 21.3 Å². The Labute approximate surface area is 119 Å². The molecule has 1 aliphatic rings. The van der Waals surface area contributed by atoms with Crippen molar-refractivity contribution in [3.63, 3.8) is 0 Å². The summed E-state index contributed by atoms with van der Waals surface area (Å²) in [6, 6.07) is 4.16. The molecule has 0 saturated heterocycles. The van der Waals surface area contributed by atoms with Gasteiger partial charge in [-0.15, -0.1) is 11.3 Å². The maximum absolute atomic E-state index is 6.61. The molecule has 1 aliphatic carbocycles. The zero-order valence-corrected chi connectivity index (χ0v) is 12.9. The predicted molar refractivity (Wildman–Crippen MR) is 80.4 cm³/mol. The smallest absolute Gasteiger partial charge is 0.0931 e. The van der Waals surface area contributed by atoms with E-state index in [0.29, 0.717) is 0 Å². The molecular formula is C14H23ClN2S. The monoisotopic (exact) mass is 286 g/mol. The number of nitrogens with zero attached hydrogens (tertiary/aromatic N) is 1. The van der Waals surface area contributed by atoms with Gasteiger partial charge in [-0.25, -0.2) is 0 Å². The summed E-state index contributed by atoms with van der Waals surface area (Å²) in [6.45, 7) is 6.61. The Morgan fingerprint density at radius 1 is 1.33 bits per heavy atom. The van der Waals surface area contributed by atoms with E-state index in [2.05, 4.69) is 24.8 Å². The molecule has 2 rings (SSSR count). The first-order valence-electron chi connectivity index (χ1n) is 6.90. The standard InChI is InChI=1S/C14H23ClN2S/c1-3-17(4-2)14(9-5-6-10-14)13(16)11-7-8-12(15)18-11/h7-8,13H,3-6,9-10,16H2,1-2H3. The van der Waals surface area contributed by atoms with Crippen LogP contribution in [0.4, 0.5) is 0 Å². The molecule has 1 heterocycles. The van der Waals surface area contributed by atoms with Gasteiger partial charge in [0.2, 0.25) is 0 Å². The van der Waals surface area contributed by atoms with Crippen LogP contribution in [0.2, 0.25) is 4.34 Å². The van der Waals surface area contributed by atoms with E-state index in [-0.39, 0.29) is 11.6 Å². The van der Waals surface area contributed by atoms with Crippen molar-refractivity contribution in [2.75, 3.05) is 13.1 Å². The lowest BCUT2D eigenvalue weighted by Crippen LogP contribution is -2.53. The van der Waals surface area contributed by atoms with E-state index in [1.165, 1.54) is 30.6 Å². The molecule has 0 bridgehead atoms. The largest absolute Gasteiger partial charge is 0.322 e. The second-order valence-corrected chi connectivity index (χ2v) is 6.85. The first-order chi connectivity index (χ1) is 8.64. The summed E-state index contributed by atoms with van der Waals surface area (Å²) in [5, 5.41) is 0. The van der Waals surface area contributed by atoms with E-state index < -0.39 is 0 Å². The van der Waals surface area contributed by atoms with Gasteiger partial charge in [-0.3, -0.25) is 4.90 Å². The van der Waals surface area contributed by atoms with Crippen molar-refractivity contribution in [3.8, 4) is 0 Å². The van der Waals surface area contributed by atoms with Crippen LogP contribution in [-0.2, 0) is 0 Å². The summed E-state index contributed by atoms with van der Waals surface area (Å²) in [6.07, 6.45) is 5.02. The third-order valence-electron chi connectivity index (χ3n) is 4.34. The molecule has 0 aliphatic heterocycles. The minimum atomic E-state index is 0.0948. The average Bonchev–Trinajstić information content (AvgIpc) is 3.00. The van der Waals surface area contributed by atoms with Gasteiger partial charge in [-0.05, 0) is 38.1 Å². The van der Waals surface area contributed by atoms with Crippen LogP contribution in [0, 0.1) is 0 Å². The fourth-order valence-electron chi connectivity index (χ4n) is 3.42. The lowest BCUT2D eigenvalue weighted by atomic mass is 9.85. The average molecular weight is 287 g/mol. The van der Waals surface area contributed by atoms with Crippen molar-refractivity contribution in [1.82, 2.24) is 4.90 Å². The van der Waals surface area contributed by atoms with Gasteiger partial charge >= 0.3 is 0 Å². The molecule has 1 aromatic heterocycles. The molecular weight excluding hydrogens is 264 g/mol. The van der Waals surface area contributed by atoms with E-state index in [9.17, 15) is 0 Å². The number of likely N-dealkylation sites (N-methyl/N-ethyl adjacent to an activating group) is 1. The summed E-state index contributed by atoms with van der Waals surface area (Å²) >= 11 is 7.69. The van der Waals surface area contributed by atoms with E-state index in [0.717, 1.165) is 17.4 Å². The molecule has 1 atom stereocenters. The van der Waals surface area contributed by atoms with Crippen LogP contribution >= 0.6 is 22.9 Å². The molecule has 1 unspecified atom stereocenters. The summed E-state index contributed by atoms with van der Waals surface area (Å²) in [5.74, 6) is 0. The highest BCUT2D eigenvalue weighted by Crippen LogP contribution is 2.45. The van der Waals surface area contributed by atoms with Crippen molar-refractivity contribution < 1.29 is 0 Å². The summed E-state index contributed by atoms with van der Waals surface area (Å²) in [7, 11) is 0. The van der Waals surface area contributed by atoms with Crippen LogP contribution in [0.5, 0.6) is 0 Å². The molecule has 1 saturated carbocycles. The molecule has 2 N–H and O–H groups in total. The second-order valence-electron chi connectivity index (χ2n) is 5.10. The third-order valence-corrected chi connectivity index (χ3v) is 5.66. The molecule has 0 aromatic carbocycles. The lowest BCUT2D eigenvalue weighted by Gasteiger charge is -2.44. The predicted octanol–water partition coefficient (Wildman–Crippen LogP) is 4.06. The Balaban J connectivity index is 2.29. The van der Waals surface area contributed by atoms with Gasteiger partial charge in [0, 0.05) is 10.4 Å². The zero-order valence-electron chi connectivity index (χ0n) is 11.3. The number of thiophene rings is 1. The van der Waals surface area contributed by atoms with Gasteiger partial charge < -0.3 is 5.73 Å². The quantitative estimate of drug-likeness (QED) is 0.884. The van der Waals surface area contributed by atoms with Gasteiger partial charge in [0.1, 0.15) is 0 Å². The Morgan fingerprint density at radius 2 is 1.94 bits per heavy atom. The normalized spacial score (nSPS) is 20.5. The molecule has 4 heteroatoms. The second kappa shape index (κ2) is 5.91. The van der Waals surface area contributed by atoms with E-state index in [4.69, 9.17) is 17.3 Å². The summed E-state index contributed by atoms with van der Waals surface area (Å²) in [5.41, 5.74) is 6.76. The van der Waals surface area contributed by atoms with Crippen LogP contribution < -0.4 is 5.73 Å². The molecule has 102 valence electrons. The minimum absolute atomic E-state index is 0.0948. The van der Waals surface area contributed by atoms with Crippen LogP contribution in [0.15, 0.2) is 12.1 Å². The van der Waals surface area contributed by atoms with Gasteiger partial charge in [0.25, 0.3) is 0 Å². The number of hydrogen-bond acceptors (Lipinski definition) is 3. The molecule has 18 heavy (non-hydrogen) atoms. The fourth-order valence-corrected chi connectivity index (χ4v) is 4.60. The molecule has 1 fully saturated rings.